The third kappa shape index (κ3) is 21.4. The predicted octanol–water partition coefficient (Wildman–Crippen LogP) is 10.7. The van der Waals surface area contributed by atoms with E-state index >= 15 is 0 Å². The summed E-state index contributed by atoms with van der Waals surface area (Å²) in [6.07, 6.45) is 33.0. The van der Waals surface area contributed by atoms with Crippen LogP contribution in [0.15, 0.2) is 0 Å². The third-order valence-corrected chi connectivity index (χ3v) is 12.2. The van der Waals surface area contributed by atoms with Gasteiger partial charge in [0, 0.05) is 33.3 Å². The highest BCUT2D eigenvalue weighted by molar-refractivity contribution is 6.62. The molecule has 0 aromatic carbocycles. The Balaban J connectivity index is 4.26. The third-order valence-electron chi connectivity index (χ3n) is 8.96. The van der Waals surface area contributed by atoms with Gasteiger partial charge in [0.05, 0.1) is 27.2 Å². The first-order valence-corrected chi connectivity index (χ1v) is 19.2. The minimum Gasteiger partial charge on any atom is -0.377 e. The van der Waals surface area contributed by atoms with Gasteiger partial charge in [-0.2, -0.15) is 0 Å². The first-order valence-electron chi connectivity index (χ1n) is 17.4. The van der Waals surface area contributed by atoms with Gasteiger partial charge in [-0.25, -0.2) is 0 Å². The Bertz CT molecular complexity index is 491. The van der Waals surface area contributed by atoms with E-state index in [0.717, 1.165) is 17.3 Å². The molecular formula is C34H74NO3Si+. The van der Waals surface area contributed by atoms with Crippen LogP contribution in [-0.4, -0.2) is 61.8 Å². The molecule has 0 bridgehead atoms. The van der Waals surface area contributed by atoms with Crippen LogP contribution in [0.1, 0.15) is 168 Å². The number of hydrogen-bond acceptors (Lipinski definition) is 3. The van der Waals surface area contributed by atoms with Gasteiger partial charge in [-0.1, -0.05) is 142 Å². The zero-order valence-corrected chi connectivity index (χ0v) is 29.1. The van der Waals surface area contributed by atoms with E-state index in [1.165, 1.54) is 154 Å². The largest absolute Gasteiger partial charge is 0.503 e. The highest BCUT2D eigenvalue weighted by atomic mass is 28.4. The zero-order valence-electron chi connectivity index (χ0n) is 28.1. The van der Waals surface area contributed by atoms with Gasteiger partial charge in [-0.05, 0) is 19.3 Å². The summed E-state index contributed by atoms with van der Waals surface area (Å²) in [4.78, 5) is 0. The molecule has 39 heavy (non-hydrogen) atoms. The molecule has 0 rings (SSSR count). The van der Waals surface area contributed by atoms with Gasteiger partial charge in [-0.3, -0.25) is 0 Å². The van der Waals surface area contributed by atoms with E-state index in [0.29, 0.717) is 5.54 Å². The van der Waals surface area contributed by atoms with Gasteiger partial charge in [0.25, 0.3) is 0 Å². The van der Waals surface area contributed by atoms with Crippen LogP contribution in [0, 0.1) is 0 Å². The maximum atomic E-state index is 5.98. The van der Waals surface area contributed by atoms with E-state index in [1.54, 1.807) is 21.3 Å². The molecule has 5 heteroatoms. The van der Waals surface area contributed by atoms with Gasteiger partial charge in [0.2, 0.25) is 0 Å². The standard InChI is InChI=1S/C34H74NO3Si/c1-8-10-12-14-16-18-20-21-22-24-26-28-30-34(39(36-5,37-6)38-7)31-33-35(3,4)32-29-27-25-23-19-17-15-13-11-9-2/h34H,8-33H2,1-7H3/q+1. The summed E-state index contributed by atoms with van der Waals surface area (Å²) in [6, 6.07) is 0. The molecule has 0 fully saturated rings. The molecule has 0 saturated heterocycles. The van der Waals surface area contributed by atoms with E-state index in [1.807, 2.05) is 0 Å². The minimum absolute atomic E-state index is 0.394. The molecule has 0 aromatic heterocycles. The maximum absolute atomic E-state index is 5.98. The number of quaternary nitrogens is 1. The van der Waals surface area contributed by atoms with Gasteiger partial charge in [0.15, 0.2) is 0 Å². The molecule has 0 amide bonds. The summed E-state index contributed by atoms with van der Waals surface area (Å²) in [5.41, 5.74) is 0.394. The molecular weight excluding hydrogens is 498 g/mol. The van der Waals surface area contributed by atoms with Crippen LogP contribution in [-0.2, 0) is 13.3 Å². The average Bonchev–Trinajstić information content (AvgIpc) is 2.93. The number of hydrogen-bond donors (Lipinski definition) is 0. The molecule has 0 radical (unpaired) electrons. The van der Waals surface area contributed by atoms with E-state index < -0.39 is 8.80 Å². The van der Waals surface area contributed by atoms with E-state index in [2.05, 4.69) is 27.9 Å². The topological polar surface area (TPSA) is 27.7 Å². The Morgan fingerprint density at radius 3 is 1.13 bits per heavy atom. The molecule has 0 N–H and O–H groups in total. The van der Waals surface area contributed by atoms with Crippen molar-refractivity contribution in [1.82, 2.24) is 0 Å². The number of nitrogens with zero attached hydrogens (tertiary/aromatic N) is 1. The summed E-state index contributed by atoms with van der Waals surface area (Å²) in [7, 11) is 7.56. The lowest BCUT2D eigenvalue weighted by Gasteiger charge is -2.36. The van der Waals surface area contributed by atoms with Crippen molar-refractivity contribution in [3.63, 3.8) is 0 Å². The average molecular weight is 573 g/mol. The Labute approximate surface area is 248 Å². The van der Waals surface area contributed by atoms with Crippen molar-refractivity contribution in [2.24, 2.45) is 0 Å². The summed E-state index contributed by atoms with van der Waals surface area (Å²) in [5, 5.41) is 0. The van der Waals surface area contributed by atoms with Crippen molar-refractivity contribution in [2.45, 2.75) is 173 Å². The molecule has 0 spiro atoms. The quantitative estimate of drug-likeness (QED) is 0.0470. The van der Waals surface area contributed by atoms with Crippen molar-refractivity contribution < 1.29 is 17.8 Å². The molecule has 0 saturated carbocycles. The Hall–Kier alpha value is 0.0569. The SMILES string of the molecule is CCCCCCCCCCCCCCC(CC[N+](C)(C)CCCCCCCCCCCC)[Si](OC)(OC)OC. The van der Waals surface area contributed by atoms with E-state index in [4.69, 9.17) is 13.3 Å². The second-order valence-electron chi connectivity index (χ2n) is 12.9. The molecule has 1 unspecified atom stereocenters. The predicted molar refractivity (Wildman–Crippen MR) is 175 cm³/mol. The fourth-order valence-electron chi connectivity index (χ4n) is 6.12. The highest BCUT2D eigenvalue weighted by Crippen LogP contribution is 2.34. The summed E-state index contributed by atoms with van der Waals surface area (Å²) < 4.78 is 19.0. The molecule has 0 aliphatic rings. The van der Waals surface area contributed by atoms with Crippen LogP contribution in [0.3, 0.4) is 0 Å². The van der Waals surface area contributed by atoms with E-state index in [-0.39, 0.29) is 0 Å². The van der Waals surface area contributed by atoms with Crippen LogP contribution in [0.5, 0.6) is 0 Å². The first kappa shape index (κ1) is 39.1. The summed E-state index contributed by atoms with van der Waals surface area (Å²) in [5.74, 6) is 0. The monoisotopic (exact) mass is 573 g/mol. The lowest BCUT2D eigenvalue weighted by molar-refractivity contribution is -0.890. The maximum Gasteiger partial charge on any atom is 0.503 e. The lowest BCUT2D eigenvalue weighted by atomic mass is 10.0. The Morgan fingerprint density at radius 2 is 0.769 bits per heavy atom. The smallest absolute Gasteiger partial charge is 0.377 e. The van der Waals surface area contributed by atoms with Crippen molar-refractivity contribution in [1.29, 1.82) is 0 Å². The fraction of sp³-hybridized carbons (Fsp3) is 1.00. The van der Waals surface area contributed by atoms with Crippen molar-refractivity contribution in [3.8, 4) is 0 Å². The second kappa shape index (κ2) is 26.9. The normalized spacial score (nSPS) is 13.3. The van der Waals surface area contributed by atoms with Crippen molar-refractivity contribution in [2.75, 3.05) is 48.5 Å². The number of unbranched alkanes of at least 4 members (excludes halogenated alkanes) is 20. The Kier molecular flexibility index (Phi) is 27.0. The molecule has 0 heterocycles. The lowest BCUT2D eigenvalue weighted by Crippen LogP contribution is -2.50. The van der Waals surface area contributed by atoms with Crippen LogP contribution in [0.25, 0.3) is 0 Å². The van der Waals surface area contributed by atoms with Gasteiger partial charge >= 0.3 is 8.80 Å². The number of rotatable bonds is 31. The highest BCUT2D eigenvalue weighted by Gasteiger charge is 2.47. The molecule has 236 valence electrons. The second-order valence-corrected chi connectivity index (χ2v) is 16.2. The van der Waals surface area contributed by atoms with Gasteiger partial charge < -0.3 is 17.8 Å². The molecule has 0 aliphatic carbocycles. The summed E-state index contributed by atoms with van der Waals surface area (Å²) in [6.45, 7) is 7.03. The minimum atomic E-state index is -2.62. The molecule has 0 aromatic rings. The van der Waals surface area contributed by atoms with Crippen LogP contribution < -0.4 is 0 Å². The van der Waals surface area contributed by atoms with E-state index in [9.17, 15) is 0 Å². The fourth-order valence-corrected chi connectivity index (χ4v) is 8.66. The first-order chi connectivity index (χ1) is 18.9. The molecule has 4 nitrogen and oxygen atoms in total. The molecule has 0 aliphatic heterocycles. The summed E-state index contributed by atoms with van der Waals surface area (Å²) >= 11 is 0. The van der Waals surface area contributed by atoms with Gasteiger partial charge in [-0.15, -0.1) is 0 Å². The van der Waals surface area contributed by atoms with Crippen LogP contribution >= 0.6 is 0 Å². The zero-order chi connectivity index (χ0) is 29.1. The van der Waals surface area contributed by atoms with Crippen LogP contribution in [0.4, 0.5) is 0 Å². The van der Waals surface area contributed by atoms with Crippen LogP contribution in [0.2, 0.25) is 5.54 Å². The van der Waals surface area contributed by atoms with Crippen molar-refractivity contribution in [3.05, 3.63) is 0 Å². The van der Waals surface area contributed by atoms with Crippen molar-refractivity contribution >= 4 is 8.80 Å². The molecule has 1 atom stereocenters. The Morgan fingerprint density at radius 1 is 0.436 bits per heavy atom. The van der Waals surface area contributed by atoms with Gasteiger partial charge in [0.1, 0.15) is 0 Å².